The Kier molecular flexibility index (Phi) is 3.67. The van der Waals surface area contributed by atoms with Crippen molar-refractivity contribution < 1.29 is 0 Å². The van der Waals surface area contributed by atoms with Crippen LogP contribution in [0.3, 0.4) is 0 Å². The highest BCUT2D eigenvalue weighted by atomic mass is 15.6. The molecule has 0 aromatic heterocycles. The van der Waals surface area contributed by atoms with E-state index in [0.29, 0.717) is 11.4 Å². The lowest BCUT2D eigenvalue weighted by Crippen LogP contribution is -2.33. The molecule has 0 amide bonds. The van der Waals surface area contributed by atoms with Crippen LogP contribution in [0, 0.1) is 5.41 Å². The first-order valence-electron chi connectivity index (χ1n) is 7.95. The fraction of sp³-hybridized carbons (Fsp3) is 0. The van der Waals surface area contributed by atoms with Gasteiger partial charge in [-0.1, -0.05) is 55.1 Å². The summed E-state index contributed by atoms with van der Waals surface area (Å²) in [6.07, 6.45) is 0. The van der Waals surface area contributed by atoms with Crippen LogP contribution in [-0.4, -0.2) is 11.5 Å². The number of nitrogens with one attached hydrogen (secondary N) is 3. The molecule has 0 bridgehead atoms. The zero-order chi connectivity index (χ0) is 17.2. The van der Waals surface area contributed by atoms with E-state index in [2.05, 4.69) is 34.7 Å². The second-order valence-electron chi connectivity index (χ2n) is 5.74. The number of fused-ring (bicyclic) bond motifs is 1. The minimum Gasteiger partial charge on any atom is -0.291 e. The normalized spacial score (nSPS) is 15.7. The van der Waals surface area contributed by atoms with Gasteiger partial charge >= 0.3 is 0 Å². The van der Waals surface area contributed by atoms with E-state index in [4.69, 9.17) is 5.41 Å². The van der Waals surface area contributed by atoms with Gasteiger partial charge in [-0.15, -0.1) is 0 Å². The van der Waals surface area contributed by atoms with Gasteiger partial charge < -0.3 is 0 Å². The second-order valence-corrected chi connectivity index (χ2v) is 5.74. The van der Waals surface area contributed by atoms with Gasteiger partial charge in [-0.05, 0) is 35.0 Å². The number of hydrazone groups is 1. The van der Waals surface area contributed by atoms with E-state index in [-0.39, 0.29) is 5.84 Å². The van der Waals surface area contributed by atoms with Crippen molar-refractivity contribution >= 4 is 33.7 Å². The number of amidine groups is 1. The Morgan fingerprint density at radius 2 is 1.64 bits per heavy atom. The molecule has 0 saturated carbocycles. The molecule has 3 aromatic rings. The van der Waals surface area contributed by atoms with E-state index in [1.165, 1.54) is 5.39 Å². The number of hydrogen-bond acceptors (Lipinski definition) is 4. The van der Waals surface area contributed by atoms with Crippen LogP contribution in [0.2, 0.25) is 0 Å². The maximum absolute atomic E-state index is 8.36. The lowest BCUT2D eigenvalue weighted by Gasteiger charge is -2.16. The van der Waals surface area contributed by atoms with Crippen molar-refractivity contribution in [2.45, 2.75) is 0 Å². The van der Waals surface area contributed by atoms with E-state index in [9.17, 15) is 0 Å². The van der Waals surface area contributed by atoms with Gasteiger partial charge in [-0.2, -0.15) is 5.10 Å². The number of anilines is 2. The van der Waals surface area contributed by atoms with Crippen molar-refractivity contribution in [3.05, 3.63) is 85.1 Å². The predicted molar refractivity (Wildman–Crippen MR) is 104 cm³/mol. The van der Waals surface area contributed by atoms with Crippen LogP contribution in [0.25, 0.3) is 10.8 Å². The summed E-state index contributed by atoms with van der Waals surface area (Å²) in [5.74, 6) is 0.254. The summed E-state index contributed by atoms with van der Waals surface area (Å²) >= 11 is 0. The maximum Gasteiger partial charge on any atom is 0.174 e. The molecule has 122 valence electrons. The van der Waals surface area contributed by atoms with Crippen LogP contribution in [0.1, 0.15) is 0 Å². The molecule has 5 heteroatoms. The first kappa shape index (κ1) is 15.0. The average Bonchev–Trinajstić information content (AvgIpc) is 2.94. The standard InChI is InChI=1S/C20H17N5/c1-14-19(20(21)25(24-14)18-9-3-2-4-10-18)23-22-17-12-11-15-7-5-6-8-16(15)13-17/h2-13,21-22,24H,1H2/b21-20?,23-19-. The zero-order valence-corrected chi connectivity index (χ0v) is 13.5. The molecule has 4 rings (SSSR count). The topological polar surface area (TPSA) is 63.5 Å². The van der Waals surface area contributed by atoms with Gasteiger partial charge in [0, 0.05) is 0 Å². The molecule has 1 aliphatic heterocycles. The molecule has 0 aliphatic carbocycles. The molecule has 0 spiro atoms. The van der Waals surface area contributed by atoms with Gasteiger partial charge in [-0.25, -0.2) is 5.01 Å². The van der Waals surface area contributed by atoms with Crippen LogP contribution in [0.15, 0.2) is 90.2 Å². The van der Waals surface area contributed by atoms with E-state index >= 15 is 0 Å². The van der Waals surface area contributed by atoms with Crippen LogP contribution >= 0.6 is 0 Å². The summed E-state index contributed by atoms with van der Waals surface area (Å²) in [5, 5.41) is 16.7. The number of hydrazine groups is 1. The largest absolute Gasteiger partial charge is 0.291 e. The molecular weight excluding hydrogens is 310 g/mol. The zero-order valence-electron chi connectivity index (χ0n) is 13.5. The molecule has 0 unspecified atom stereocenters. The third-order valence-electron chi connectivity index (χ3n) is 4.04. The highest BCUT2D eigenvalue weighted by Gasteiger charge is 2.28. The van der Waals surface area contributed by atoms with Crippen molar-refractivity contribution in [3.8, 4) is 0 Å². The summed E-state index contributed by atoms with van der Waals surface area (Å²) in [6.45, 7) is 3.96. The third kappa shape index (κ3) is 2.83. The minimum atomic E-state index is 0.254. The molecule has 1 heterocycles. The van der Waals surface area contributed by atoms with E-state index < -0.39 is 0 Å². The van der Waals surface area contributed by atoms with Gasteiger partial charge in [0.05, 0.1) is 17.1 Å². The minimum absolute atomic E-state index is 0.254. The number of para-hydroxylation sites is 1. The van der Waals surface area contributed by atoms with Crippen LogP contribution < -0.4 is 15.9 Å². The van der Waals surface area contributed by atoms with Gasteiger partial charge in [-0.3, -0.25) is 16.3 Å². The fourth-order valence-corrected chi connectivity index (χ4v) is 2.76. The van der Waals surface area contributed by atoms with Crippen molar-refractivity contribution in [3.63, 3.8) is 0 Å². The first-order valence-corrected chi connectivity index (χ1v) is 7.95. The van der Waals surface area contributed by atoms with Crippen LogP contribution in [0.4, 0.5) is 11.4 Å². The summed E-state index contributed by atoms with van der Waals surface area (Å²) in [5.41, 5.74) is 8.91. The molecule has 1 aliphatic rings. The van der Waals surface area contributed by atoms with Gasteiger partial charge in [0.15, 0.2) is 11.5 Å². The molecule has 1 fully saturated rings. The van der Waals surface area contributed by atoms with E-state index in [1.54, 1.807) is 5.01 Å². The van der Waals surface area contributed by atoms with Crippen LogP contribution in [-0.2, 0) is 0 Å². The van der Waals surface area contributed by atoms with E-state index in [0.717, 1.165) is 16.8 Å². The maximum atomic E-state index is 8.36. The summed E-state index contributed by atoms with van der Waals surface area (Å²) in [7, 11) is 0. The molecule has 0 atom stereocenters. The molecule has 3 N–H and O–H groups in total. The quantitative estimate of drug-likeness (QED) is 0.634. The molecule has 1 saturated heterocycles. The summed E-state index contributed by atoms with van der Waals surface area (Å²) in [6, 6.07) is 23.8. The molecule has 5 nitrogen and oxygen atoms in total. The molecule has 25 heavy (non-hydrogen) atoms. The Hall–Kier alpha value is -3.60. The summed E-state index contributed by atoms with van der Waals surface area (Å²) in [4.78, 5) is 0. The summed E-state index contributed by atoms with van der Waals surface area (Å²) < 4.78 is 0. The van der Waals surface area contributed by atoms with E-state index in [1.807, 2.05) is 60.7 Å². The van der Waals surface area contributed by atoms with Crippen LogP contribution in [0.5, 0.6) is 0 Å². The van der Waals surface area contributed by atoms with Gasteiger partial charge in [0.25, 0.3) is 0 Å². The lowest BCUT2D eigenvalue weighted by atomic mass is 10.1. The van der Waals surface area contributed by atoms with Crippen molar-refractivity contribution in [1.29, 1.82) is 5.41 Å². The highest BCUT2D eigenvalue weighted by molar-refractivity contribution is 6.52. The van der Waals surface area contributed by atoms with Crippen molar-refractivity contribution in [1.82, 2.24) is 5.43 Å². The SMILES string of the molecule is C=C1NN(c2ccccc2)C(=N)/C1=N\Nc1ccc2ccccc2c1. The van der Waals surface area contributed by atoms with Crippen molar-refractivity contribution in [2.75, 3.05) is 10.4 Å². The number of hydrogen-bond donors (Lipinski definition) is 3. The molecule has 3 aromatic carbocycles. The van der Waals surface area contributed by atoms with Gasteiger partial charge in [0.2, 0.25) is 0 Å². The highest BCUT2D eigenvalue weighted by Crippen LogP contribution is 2.21. The number of rotatable bonds is 3. The monoisotopic (exact) mass is 327 g/mol. The number of benzene rings is 3. The number of nitrogens with zero attached hydrogens (tertiary/aromatic N) is 2. The Morgan fingerprint density at radius 1 is 0.920 bits per heavy atom. The first-order chi connectivity index (χ1) is 12.2. The smallest absolute Gasteiger partial charge is 0.174 e. The Balaban J connectivity index is 1.58. The average molecular weight is 327 g/mol. The Bertz CT molecular complexity index is 991. The van der Waals surface area contributed by atoms with Crippen molar-refractivity contribution in [2.24, 2.45) is 5.10 Å². The lowest BCUT2D eigenvalue weighted by molar-refractivity contribution is 0.921. The Labute approximate surface area is 145 Å². The van der Waals surface area contributed by atoms with Gasteiger partial charge in [0.1, 0.15) is 0 Å². The molecule has 0 radical (unpaired) electrons. The fourth-order valence-electron chi connectivity index (χ4n) is 2.76. The second kappa shape index (κ2) is 6.13. The predicted octanol–water partition coefficient (Wildman–Crippen LogP) is 4.12. The Morgan fingerprint density at radius 3 is 2.44 bits per heavy atom. The molecular formula is C20H17N5. The third-order valence-corrected chi connectivity index (χ3v) is 4.04.